The summed E-state index contributed by atoms with van der Waals surface area (Å²) in [6, 6.07) is 41.0. The maximum atomic E-state index is 7.13. The molecule has 6 rings (SSSR count). The van der Waals surface area contributed by atoms with Gasteiger partial charge in [0.1, 0.15) is 5.69 Å². The fourth-order valence-electron chi connectivity index (χ4n) is 6.32. The maximum absolute atomic E-state index is 7.13. The van der Waals surface area contributed by atoms with Crippen molar-refractivity contribution < 1.29 is 4.42 Å². The molecule has 6 aromatic rings. The Morgan fingerprint density at radius 2 is 1.29 bits per heavy atom. The number of nitrogens with zero attached hydrogens (tertiary/aromatic N) is 1. The van der Waals surface area contributed by atoms with Gasteiger partial charge in [-0.05, 0) is 74.3 Å². The Balaban J connectivity index is 1.62. The van der Waals surface area contributed by atoms with E-state index in [2.05, 4.69) is 151 Å². The Kier molecular flexibility index (Phi) is 7.18. The zero-order valence-corrected chi connectivity index (χ0v) is 26.7. The van der Waals surface area contributed by atoms with Crippen LogP contribution in [0.3, 0.4) is 0 Å². The lowest BCUT2D eigenvalue weighted by Crippen LogP contribution is -2.66. The lowest BCUT2D eigenvalue weighted by molar-refractivity contribution is 0.396. The van der Waals surface area contributed by atoms with Crippen LogP contribution in [0.25, 0.3) is 33.0 Å². The molecule has 0 atom stereocenters. The van der Waals surface area contributed by atoms with Crippen LogP contribution in [0.4, 0.5) is 0 Å². The summed E-state index contributed by atoms with van der Waals surface area (Å²) in [5, 5.41) is 7.51. The van der Waals surface area contributed by atoms with Crippen molar-refractivity contribution in [3.63, 3.8) is 0 Å². The van der Waals surface area contributed by atoms with Crippen molar-refractivity contribution in [1.29, 1.82) is 0 Å². The number of furan rings is 1. The van der Waals surface area contributed by atoms with E-state index < -0.39 is 8.07 Å². The number of fused-ring (bicyclic) bond motifs is 2. The number of pyridine rings is 1. The lowest BCUT2D eigenvalue weighted by atomic mass is 9.82. The molecule has 0 N–H and O–H groups in total. The van der Waals surface area contributed by atoms with Crippen molar-refractivity contribution in [2.45, 2.75) is 59.4 Å². The van der Waals surface area contributed by atoms with Gasteiger partial charge >= 0.3 is 0 Å². The normalized spacial score (nSPS) is 12.7. The molecular weight excluding hydrogens is 527 g/mol. The zero-order valence-electron chi connectivity index (χ0n) is 25.7. The third-order valence-electron chi connectivity index (χ3n) is 8.58. The van der Waals surface area contributed by atoms with Crippen LogP contribution in [-0.2, 0) is 5.41 Å². The second kappa shape index (κ2) is 10.7. The van der Waals surface area contributed by atoms with Crippen LogP contribution in [0.5, 0.6) is 0 Å². The minimum atomic E-state index is -2.52. The molecule has 212 valence electrons. The first-order valence-corrected chi connectivity index (χ1v) is 17.3. The summed E-state index contributed by atoms with van der Waals surface area (Å²) in [5.74, 6) is 0. The van der Waals surface area contributed by atoms with Crippen LogP contribution in [0.1, 0.15) is 53.5 Å². The van der Waals surface area contributed by atoms with Gasteiger partial charge in [0.05, 0.1) is 5.38 Å². The minimum Gasteiger partial charge on any atom is -0.463 e. The van der Waals surface area contributed by atoms with Gasteiger partial charge in [0, 0.05) is 17.1 Å². The predicted octanol–water partition coefficient (Wildman–Crippen LogP) is 8.85. The standard InChI is InChI=1S/C39H41NOSi/c1-38(2,3)22-24-42(31-16-9-7-10-17-31,32-18-11-8-12-19-32)35-27-29-21-23-40-36(37(29)41-35)30-25-28-15-13-14-20-33(28)34(26-30)39(4,5)6/h7-21,23,25-27H,22,24H2,1-6H3. The van der Waals surface area contributed by atoms with Crippen molar-refractivity contribution >= 4 is 45.6 Å². The molecule has 0 saturated heterocycles. The highest BCUT2D eigenvalue weighted by atomic mass is 28.3. The average molecular weight is 568 g/mol. The fourth-order valence-corrected chi connectivity index (χ4v) is 11.4. The molecule has 0 aliphatic rings. The molecule has 0 fully saturated rings. The summed E-state index contributed by atoms with van der Waals surface area (Å²) in [7, 11) is -2.52. The summed E-state index contributed by atoms with van der Waals surface area (Å²) >= 11 is 0. The summed E-state index contributed by atoms with van der Waals surface area (Å²) in [6.45, 7) is 13.9. The van der Waals surface area contributed by atoms with E-state index in [0.717, 1.165) is 40.1 Å². The molecule has 0 bridgehead atoms. The lowest BCUT2D eigenvalue weighted by Gasteiger charge is -2.33. The first-order chi connectivity index (χ1) is 20.1. The molecule has 2 heterocycles. The van der Waals surface area contributed by atoms with Gasteiger partial charge in [0.15, 0.2) is 13.7 Å². The highest BCUT2D eigenvalue weighted by Gasteiger charge is 2.43. The summed E-state index contributed by atoms with van der Waals surface area (Å²) in [6.07, 6.45) is 3.04. The van der Waals surface area contributed by atoms with Gasteiger partial charge in [0.25, 0.3) is 0 Å². The van der Waals surface area contributed by atoms with Gasteiger partial charge in [-0.25, -0.2) is 0 Å². The summed E-state index contributed by atoms with van der Waals surface area (Å²) in [5.41, 5.74) is 4.41. The molecule has 0 unspecified atom stereocenters. The van der Waals surface area contributed by atoms with Crippen LogP contribution in [0.15, 0.2) is 120 Å². The molecule has 2 aromatic heterocycles. The SMILES string of the molecule is CC(C)(C)CC[Si](c1ccccc1)(c1ccccc1)c1cc2ccnc(-c3cc(C(C)(C)C)c4ccccc4c3)c2o1. The third-order valence-corrected chi connectivity index (χ3v) is 13.3. The molecule has 0 aliphatic carbocycles. The largest absolute Gasteiger partial charge is 0.463 e. The third kappa shape index (κ3) is 5.23. The van der Waals surface area contributed by atoms with Gasteiger partial charge in [-0.15, -0.1) is 0 Å². The van der Waals surface area contributed by atoms with Crippen molar-refractivity contribution in [2.24, 2.45) is 5.41 Å². The van der Waals surface area contributed by atoms with Crippen molar-refractivity contribution in [2.75, 3.05) is 0 Å². The van der Waals surface area contributed by atoms with Crippen LogP contribution < -0.4 is 15.8 Å². The maximum Gasteiger partial charge on any atom is 0.193 e. The molecule has 3 heteroatoms. The summed E-state index contributed by atoms with van der Waals surface area (Å²) < 4.78 is 7.13. The molecule has 2 nitrogen and oxygen atoms in total. The molecule has 42 heavy (non-hydrogen) atoms. The van der Waals surface area contributed by atoms with Crippen LogP contribution in [-0.4, -0.2) is 13.1 Å². The fraction of sp³-hybridized carbons (Fsp3) is 0.256. The van der Waals surface area contributed by atoms with Crippen LogP contribution in [0, 0.1) is 5.41 Å². The number of benzene rings is 4. The van der Waals surface area contributed by atoms with Gasteiger partial charge in [0.2, 0.25) is 0 Å². The van der Waals surface area contributed by atoms with E-state index in [-0.39, 0.29) is 10.8 Å². The highest BCUT2D eigenvalue weighted by Crippen LogP contribution is 2.37. The number of hydrogen-bond donors (Lipinski definition) is 0. The monoisotopic (exact) mass is 567 g/mol. The molecule has 0 radical (unpaired) electrons. The Bertz CT molecular complexity index is 1800. The molecule has 0 spiro atoms. The van der Waals surface area contributed by atoms with Crippen molar-refractivity contribution in [3.8, 4) is 11.3 Å². The zero-order chi connectivity index (χ0) is 29.5. The van der Waals surface area contributed by atoms with Gasteiger partial charge in [-0.2, -0.15) is 0 Å². The second-order valence-corrected chi connectivity index (χ2v) is 17.8. The number of aromatic nitrogens is 1. The Morgan fingerprint density at radius 1 is 0.667 bits per heavy atom. The molecule has 0 amide bonds. The van der Waals surface area contributed by atoms with Crippen LogP contribution >= 0.6 is 0 Å². The van der Waals surface area contributed by atoms with E-state index in [1.54, 1.807) is 0 Å². The average Bonchev–Trinajstić information content (AvgIpc) is 3.42. The van der Waals surface area contributed by atoms with E-state index in [4.69, 9.17) is 9.40 Å². The van der Waals surface area contributed by atoms with Crippen molar-refractivity contribution in [3.05, 3.63) is 121 Å². The Labute approximate surface area is 251 Å². The van der Waals surface area contributed by atoms with E-state index in [9.17, 15) is 0 Å². The smallest absolute Gasteiger partial charge is 0.193 e. The van der Waals surface area contributed by atoms with Gasteiger partial charge in [-0.3, -0.25) is 4.98 Å². The first-order valence-electron chi connectivity index (χ1n) is 15.1. The van der Waals surface area contributed by atoms with Gasteiger partial charge < -0.3 is 4.42 Å². The predicted molar refractivity (Wildman–Crippen MR) is 182 cm³/mol. The molecule has 0 saturated carbocycles. The molecular formula is C39H41NOSi. The minimum absolute atomic E-state index is 0.00647. The second-order valence-electron chi connectivity index (χ2n) is 13.9. The Hall–Kier alpha value is -3.95. The quantitative estimate of drug-likeness (QED) is 0.188. The van der Waals surface area contributed by atoms with Gasteiger partial charge in [-0.1, -0.05) is 126 Å². The molecule has 4 aromatic carbocycles. The molecule has 0 aliphatic heterocycles. The van der Waals surface area contributed by atoms with E-state index in [1.165, 1.54) is 26.7 Å². The number of hydrogen-bond acceptors (Lipinski definition) is 2. The first kappa shape index (κ1) is 28.2. The number of rotatable bonds is 6. The van der Waals surface area contributed by atoms with Crippen molar-refractivity contribution in [1.82, 2.24) is 4.98 Å². The highest BCUT2D eigenvalue weighted by molar-refractivity contribution is 7.11. The van der Waals surface area contributed by atoms with E-state index in [1.807, 2.05) is 6.20 Å². The van der Waals surface area contributed by atoms with E-state index in [0.29, 0.717) is 0 Å². The summed E-state index contributed by atoms with van der Waals surface area (Å²) in [4.78, 5) is 4.95. The van der Waals surface area contributed by atoms with Crippen LogP contribution in [0.2, 0.25) is 6.04 Å². The van der Waals surface area contributed by atoms with E-state index >= 15 is 0 Å². The topological polar surface area (TPSA) is 26.0 Å². The Morgan fingerprint density at radius 3 is 1.90 bits per heavy atom.